The van der Waals surface area contributed by atoms with Crippen LogP contribution in [0.1, 0.15) is 83.5 Å². The second-order valence-corrected chi connectivity index (χ2v) is 21.6. The van der Waals surface area contributed by atoms with Crippen molar-refractivity contribution in [3.63, 3.8) is 0 Å². The zero-order valence-corrected chi connectivity index (χ0v) is 40.6. The minimum absolute atomic E-state index is 0.0116. The maximum absolute atomic E-state index is 14.0. The molecule has 8 rings (SSSR count). The Morgan fingerprint density at radius 1 is 0.900 bits per heavy atom. The third-order valence-corrected chi connectivity index (χ3v) is 16.7. The molecule has 3 saturated heterocycles. The first-order chi connectivity index (χ1) is 33.3. The number of carbonyl (C=O) groups is 7. The Balaban J connectivity index is 0.812. The highest BCUT2D eigenvalue weighted by molar-refractivity contribution is 7.88. The van der Waals surface area contributed by atoms with Crippen molar-refractivity contribution in [2.24, 2.45) is 5.92 Å². The summed E-state index contributed by atoms with van der Waals surface area (Å²) in [5.41, 5.74) is 2.38. The van der Waals surface area contributed by atoms with Crippen LogP contribution in [0.15, 0.2) is 66.7 Å². The number of anilines is 2. The van der Waals surface area contributed by atoms with E-state index < -0.39 is 52.0 Å². The predicted molar refractivity (Wildman–Crippen MR) is 257 cm³/mol. The molecule has 0 aliphatic carbocycles. The van der Waals surface area contributed by atoms with Gasteiger partial charge in [-0.1, -0.05) is 41.9 Å². The van der Waals surface area contributed by atoms with E-state index in [9.17, 15) is 47.1 Å². The Labute approximate surface area is 412 Å². The number of rotatable bonds is 16. The standard InChI is InChI=1S/C48H51ClN6O13S2/c1-48(2)22-32(50-31-9-4-7-29(21-31)42-40(49)41(68-25-39(58)59)43(69-42)47(63)64)16-19-55(48)70(65,66)26-27-6-3-8-30(20-27)51-44(60)28-14-17-53(18-15-28)38(57)24-67-36-11-5-10-33-34(36)23-54(46(33)62)35-12-13-37(56)52-45(35)61/h3-11,20-21,28,32,35,50H,12-19,22-26H2,1-2H3,(H,51,60)(H,58,59)(H,63,64)(H,52,56,61)/t32-,35?/m0/s1. The van der Waals surface area contributed by atoms with E-state index in [0.29, 0.717) is 83.0 Å². The van der Waals surface area contributed by atoms with Crippen molar-refractivity contribution in [2.45, 2.75) is 82.3 Å². The van der Waals surface area contributed by atoms with Crippen molar-refractivity contribution in [1.29, 1.82) is 0 Å². The van der Waals surface area contributed by atoms with Crippen LogP contribution in [0.5, 0.6) is 11.5 Å². The van der Waals surface area contributed by atoms with E-state index in [0.717, 1.165) is 11.3 Å². The van der Waals surface area contributed by atoms with Gasteiger partial charge in [-0.05, 0) is 93.5 Å². The first-order valence-electron chi connectivity index (χ1n) is 22.6. The van der Waals surface area contributed by atoms with Crippen LogP contribution < -0.4 is 25.4 Å². The number of aromatic carboxylic acids is 1. The average molecular weight is 1020 g/mol. The monoisotopic (exact) mass is 1020 g/mol. The molecule has 19 nitrogen and oxygen atoms in total. The summed E-state index contributed by atoms with van der Waals surface area (Å²) in [5.74, 6) is -4.91. The second-order valence-electron chi connectivity index (χ2n) is 18.3. The van der Waals surface area contributed by atoms with Gasteiger partial charge in [-0.2, -0.15) is 4.31 Å². The SMILES string of the molecule is CC1(C)C[C@@H](Nc2cccc(-c3sc(C(=O)O)c(OCC(=O)O)c3Cl)c2)CCN1S(=O)(=O)Cc1cccc(NC(=O)C2CCN(C(=O)COc3cccc4c3CN(C3CCC(=O)NC3=O)C4=O)CC2)c1. The zero-order chi connectivity index (χ0) is 50.1. The van der Waals surface area contributed by atoms with Crippen LogP contribution in [0.2, 0.25) is 5.02 Å². The number of benzene rings is 3. The molecular weight excluding hydrogens is 968 g/mol. The van der Waals surface area contributed by atoms with Crippen molar-refractivity contribution in [3.05, 3.63) is 93.3 Å². The molecule has 0 spiro atoms. The van der Waals surface area contributed by atoms with Gasteiger partial charge in [0.2, 0.25) is 27.7 Å². The van der Waals surface area contributed by atoms with Crippen LogP contribution in [0.4, 0.5) is 11.4 Å². The van der Waals surface area contributed by atoms with Crippen molar-refractivity contribution < 1.29 is 61.7 Å². The van der Waals surface area contributed by atoms with Crippen molar-refractivity contribution in [2.75, 3.05) is 43.5 Å². The van der Waals surface area contributed by atoms with Crippen LogP contribution in [-0.4, -0.2) is 125 Å². The van der Waals surface area contributed by atoms with E-state index in [1.54, 1.807) is 65.6 Å². The number of nitrogens with zero attached hydrogens (tertiary/aromatic N) is 3. The lowest BCUT2D eigenvalue weighted by atomic mass is 9.89. The summed E-state index contributed by atoms with van der Waals surface area (Å²) in [7, 11) is -3.83. The molecule has 4 aliphatic rings. The smallest absolute Gasteiger partial charge is 0.349 e. The Hall–Kier alpha value is -6.55. The summed E-state index contributed by atoms with van der Waals surface area (Å²) >= 11 is 7.39. The van der Waals surface area contributed by atoms with Gasteiger partial charge in [-0.25, -0.2) is 18.0 Å². The number of piperidine rings is 3. The average Bonchev–Trinajstić information content (AvgIpc) is 3.83. The first kappa shape index (κ1) is 49.9. The highest BCUT2D eigenvalue weighted by atomic mass is 35.5. The fourth-order valence-corrected chi connectivity index (χ4v) is 12.9. The van der Waals surface area contributed by atoms with Gasteiger partial charge in [0.15, 0.2) is 23.8 Å². The number of fused-ring (bicyclic) bond motifs is 1. The minimum atomic E-state index is -3.83. The highest BCUT2D eigenvalue weighted by Gasteiger charge is 2.43. The molecule has 5 heterocycles. The maximum Gasteiger partial charge on any atom is 0.349 e. The quantitative estimate of drug-likeness (QED) is 0.0878. The predicted octanol–water partition coefficient (Wildman–Crippen LogP) is 5.43. The van der Waals surface area contributed by atoms with Gasteiger partial charge >= 0.3 is 11.9 Å². The molecule has 0 saturated carbocycles. The van der Waals surface area contributed by atoms with Crippen LogP contribution in [0.25, 0.3) is 10.4 Å². The summed E-state index contributed by atoms with van der Waals surface area (Å²) in [6.45, 7) is 3.66. The lowest BCUT2D eigenvalue weighted by Crippen LogP contribution is -2.55. The number of imide groups is 1. The number of aliphatic carboxylic acids is 1. The van der Waals surface area contributed by atoms with E-state index in [1.165, 1.54) is 9.21 Å². The Bertz CT molecular complexity index is 2880. The molecule has 1 unspecified atom stereocenters. The Morgan fingerprint density at radius 3 is 2.34 bits per heavy atom. The molecule has 370 valence electrons. The van der Waals surface area contributed by atoms with Gasteiger partial charge in [0, 0.05) is 66.1 Å². The van der Waals surface area contributed by atoms with E-state index in [1.807, 2.05) is 19.9 Å². The number of ether oxygens (including phenoxy) is 2. The minimum Gasteiger partial charge on any atom is -0.483 e. The summed E-state index contributed by atoms with van der Waals surface area (Å²) in [6.07, 6.45) is 2.10. The number of nitrogens with one attached hydrogen (secondary N) is 3. The van der Waals surface area contributed by atoms with Gasteiger partial charge < -0.3 is 40.1 Å². The first-order valence-corrected chi connectivity index (χ1v) is 25.4. The molecule has 3 aromatic carbocycles. The summed E-state index contributed by atoms with van der Waals surface area (Å²) in [4.78, 5) is 90.3. The normalized spacial score (nSPS) is 19.6. The molecular formula is C48H51ClN6O13S2. The molecule has 0 bridgehead atoms. The van der Waals surface area contributed by atoms with Crippen molar-refractivity contribution in [3.8, 4) is 21.9 Å². The van der Waals surface area contributed by atoms with Crippen LogP contribution >= 0.6 is 22.9 Å². The van der Waals surface area contributed by atoms with Gasteiger partial charge in [0.25, 0.3) is 11.8 Å². The number of carbonyl (C=O) groups excluding carboxylic acids is 5. The number of carboxylic acids is 2. The number of halogens is 1. The van der Waals surface area contributed by atoms with Gasteiger partial charge in [0.05, 0.1) is 17.2 Å². The van der Waals surface area contributed by atoms with Gasteiger partial charge in [-0.3, -0.25) is 29.3 Å². The maximum atomic E-state index is 14.0. The van der Waals surface area contributed by atoms with E-state index in [-0.39, 0.29) is 83.6 Å². The Kier molecular flexibility index (Phi) is 14.5. The fourth-order valence-electron chi connectivity index (χ4n) is 9.58. The molecule has 2 atom stereocenters. The molecule has 3 fully saturated rings. The molecule has 4 aliphatic heterocycles. The van der Waals surface area contributed by atoms with Crippen LogP contribution in [0.3, 0.4) is 0 Å². The lowest BCUT2D eigenvalue weighted by Gasteiger charge is -2.45. The van der Waals surface area contributed by atoms with Crippen LogP contribution in [0, 0.1) is 5.92 Å². The molecule has 22 heteroatoms. The largest absolute Gasteiger partial charge is 0.483 e. The Morgan fingerprint density at radius 2 is 1.63 bits per heavy atom. The lowest BCUT2D eigenvalue weighted by molar-refractivity contribution is -0.139. The van der Waals surface area contributed by atoms with Gasteiger partial charge in [0.1, 0.15) is 16.8 Å². The molecule has 0 radical (unpaired) electrons. The summed E-state index contributed by atoms with van der Waals surface area (Å²) in [5, 5.41) is 27.5. The molecule has 1 aromatic heterocycles. The molecule has 5 amide bonds. The molecule has 4 aromatic rings. The second kappa shape index (κ2) is 20.4. The number of amides is 5. The number of thiophene rings is 1. The molecule has 70 heavy (non-hydrogen) atoms. The number of sulfonamides is 1. The molecule has 5 N–H and O–H groups in total. The number of hydrogen-bond acceptors (Lipinski definition) is 13. The fraction of sp³-hybridized carbons (Fsp3) is 0.396. The van der Waals surface area contributed by atoms with E-state index in [2.05, 4.69) is 16.0 Å². The van der Waals surface area contributed by atoms with E-state index >= 15 is 0 Å². The van der Waals surface area contributed by atoms with Crippen molar-refractivity contribution in [1.82, 2.24) is 19.4 Å². The third kappa shape index (κ3) is 10.9. The van der Waals surface area contributed by atoms with Gasteiger partial charge in [-0.15, -0.1) is 11.3 Å². The third-order valence-electron chi connectivity index (χ3n) is 12.9. The highest BCUT2D eigenvalue weighted by Crippen LogP contribution is 2.46. The van der Waals surface area contributed by atoms with Crippen LogP contribution in [-0.2, 0) is 46.3 Å². The number of carboxylic acid groups (broad SMARTS) is 2. The summed E-state index contributed by atoms with van der Waals surface area (Å²) < 4.78 is 40.7. The van der Waals surface area contributed by atoms with E-state index in [4.69, 9.17) is 26.2 Å². The number of likely N-dealkylation sites (tertiary alicyclic amines) is 1. The summed E-state index contributed by atoms with van der Waals surface area (Å²) in [6, 6.07) is 17.9. The van der Waals surface area contributed by atoms with Crippen molar-refractivity contribution >= 4 is 85.8 Å². The number of hydrogen-bond donors (Lipinski definition) is 5. The topological polar surface area (TPSA) is 258 Å². The zero-order valence-electron chi connectivity index (χ0n) is 38.2.